The number of ether oxygens (including phenoxy) is 1. The zero-order valence-corrected chi connectivity index (χ0v) is 9.84. The molecule has 0 aliphatic rings. The zero-order chi connectivity index (χ0) is 12.4. The van der Waals surface area contributed by atoms with E-state index in [2.05, 4.69) is 15.1 Å². The van der Waals surface area contributed by atoms with E-state index >= 15 is 0 Å². The Labute approximate surface area is 98.3 Å². The predicted molar refractivity (Wildman–Crippen MR) is 60.3 cm³/mol. The fourth-order valence-electron chi connectivity index (χ4n) is 1.62. The van der Waals surface area contributed by atoms with E-state index in [1.165, 1.54) is 11.8 Å². The van der Waals surface area contributed by atoms with Crippen LogP contribution in [0.5, 0.6) is 0 Å². The van der Waals surface area contributed by atoms with Crippen molar-refractivity contribution >= 4 is 5.97 Å². The van der Waals surface area contributed by atoms with E-state index in [0.717, 1.165) is 5.69 Å². The molecule has 0 radical (unpaired) electrons. The standard InChI is InChI=1S/C11H12N4O2/c1-7-9(13-5-4-12-7)8-6-14-15(2)10(8)11(16)17-3/h4-6H,1-3H3. The van der Waals surface area contributed by atoms with Crippen LogP contribution in [0, 0.1) is 6.92 Å². The molecule has 0 aliphatic heterocycles. The maximum Gasteiger partial charge on any atom is 0.357 e. The van der Waals surface area contributed by atoms with Crippen molar-refractivity contribution < 1.29 is 9.53 Å². The molecule has 88 valence electrons. The second-order valence-electron chi connectivity index (χ2n) is 3.51. The van der Waals surface area contributed by atoms with Crippen molar-refractivity contribution in [1.29, 1.82) is 0 Å². The molecule has 0 aliphatic carbocycles. The molecule has 6 nitrogen and oxygen atoms in total. The van der Waals surface area contributed by atoms with Crippen LogP contribution in [0.25, 0.3) is 11.3 Å². The second kappa shape index (κ2) is 4.32. The number of rotatable bonds is 2. The first-order valence-electron chi connectivity index (χ1n) is 5.03. The van der Waals surface area contributed by atoms with E-state index in [4.69, 9.17) is 4.74 Å². The molecular weight excluding hydrogens is 220 g/mol. The first-order valence-corrected chi connectivity index (χ1v) is 5.03. The Morgan fingerprint density at radius 1 is 1.35 bits per heavy atom. The number of nitrogens with zero attached hydrogens (tertiary/aromatic N) is 4. The number of aromatic nitrogens is 4. The van der Waals surface area contributed by atoms with Crippen LogP contribution in [0.3, 0.4) is 0 Å². The van der Waals surface area contributed by atoms with Crippen molar-refractivity contribution in [3.8, 4) is 11.3 Å². The van der Waals surface area contributed by atoms with Crippen LogP contribution in [-0.2, 0) is 11.8 Å². The van der Waals surface area contributed by atoms with Gasteiger partial charge in [-0.3, -0.25) is 14.6 Å². The van der Waals surface area contributed by atoms with Gasteiger partial charge in [0.05, 0.1) is 30.3 Å². The van der Waals surface area contributed by atoms with Crippen molar-refractivity contribution in [2.75, 3.05) is 7.11 Å². The molecule has 17 heavy (non-hydrogen) atoms. The highest BCUT2D eigenvalue weighted by Gasteiger charge is 2.20. The SMILES string of the molecule is COC(=O)c1c(-c2nccnc2C)cnn1C. The first kappa shape index (κ1) is 11.3. The van der Waals surface area contributed by atoms with E-state index in [1.54, 1.807) is 25.6 Å². The van der Waals surface area contributed by atoms with Crippen LogP contribution in [0.4, 0.5) is 0 Å². The lowest BCUT2D eigenvalue weighted by Gasteiger charge is -2.05. The minimum atomic E-state index is -0.440. The normalized spacial score (nSPS) is 10.3. The molecule has 0 fully saturated rings. The van der Waals surface area contributed by atoms with Gasteiger partial charge in [0.1, 0.15) is 0 Å². The lowest BCUT2D eigenvalue weighted by atomic mass is 10.1. The maximum absolute atomic E-state index is 11.7. The monoisotopic (exact) mass is 232 g/mol. The molecular formula is C11H12N4O2. The average molecular weight is 232 g/mol. The molecule has 2 aromatic heterocycles. The summed E-state index contributed by atoms with van der Waals surface area (Å²) in [7, 11) is 3.02. The van der Waals surface area contributed by atoms with Crippen LogP contribution in [0.15, 0.2) is 18.6 Å². The van der Waals surface area contributed by atoms with Gasteiger partial charge < -0.3 is 4.74 Å². The molecule has 0 saturated heterocycles. The Balaban J connectivity index is 2.61. The van der Waals surface area contributed by atoms with Crippen molar-refractivity contribution in [2.24, 2.45) is 7.05 Å². The van der Waals surface area contributed by atoms with E-state index in [9.17, 15) is 4.79 Å². The Bertz CT molecular complexity index is 562. The number of hydrogen-bond acceptors (Lipinski definition) is 5. The lowest BCUT2D eigenvalue weighted by Crippen LogP contribution is -2.10. The van der Waals surface area contributed by atoms with Gasteiger partial charge in [-0.15, -0.1) is 0 Å². The Hall–Kier alpha value is -2.24. The fraction of sp³-hybridized carbons (Fsp3) is 0.273. The third-order valence-electron chi connectivity index (χ3n) is 2.45. The smallest absolute Gasteiger partial charge is 0.357 e. The zero-order valence-electron chi connectivity index (χ0n) is 9.84. The number of aryl methyl sites for hydroxylation is 2. The Morgan fingerprint density at radius 3 is 2.71 bits per heavy atom. The molecule has 0 aromatic carbocycles. The van der Waals surface area contributed by atoms with Crippen molar-refractivity contribution in [1.82, 2.24) is 19.7 Å². The van der Waals surface area contributed by atoms with Gasteiger partial charge in [-0.1, -0.05) is 0 Å². The van der Waals surface area contributed by atoms with Crippen LogP contribution in [0.2, 0.25) is 0 Å². The van der Waals surface area contributed by atoms with Gasteiger partial charge in [-0.25, -0.2) is 4.79 Å². The van der Waals surface area contributed by atoms with Gasteiger partial charge in [0, 0.05) is 19.4 Å². The lowest BCUT2D eigenvalue weighted by molar-refractivity contribution is 0.0589. The topological polar surface area (TPSA) is 69.9 Å². The van der Waals surface area contributed by atoms with Gasteiger partial charge in [-0.2, -0.15) is 5.10 Å². The minimum absolute atomic E-state index is 0.371. The first-order chi connectivity index (χ1) is 8.15. The van der Waals surface area contributed by atoms with E-state index in [1.807, 2.05) is 6.92 Å². The van der Waals surface area contributed by atoms with E-state index in [0.29, 0.717) is 17.0 Å². The van der Waals surface area contributed by atoms with E-state index in [-0.39, 0.29) is 0 Å². The molecule has 0 atom stereocenters. The molecule has 0 unspecified atom stereocenters. The summed E-state index contributed by atoms with van der Waals surface area (Å²) in [4.78, 5) is 20.0. The number of esters is 1. The molecule has 0 spiro atoms. The molecule has 0 saturated carbocycles. The number of carbonyl (C=O) groups excluding carboxylic acids is 1. The van der Waals surface area contributed by atoms with Crippen molar-refractivity contribution in [3.05, 3.63) is 30.0 Å². The quantitative estimate of drug-likeness (QED) is 0.721. The maximum atomic E-state index is 11.7. The predicted octanol–water partition coefficient (Wildman–Crippen LogP) is 0.972. The van der Waals surface area contributed by atoms with Gasteiger partial charge in [0.25, 0.3) is 0 Å². The molecule has 2 heterocycles. The van der Waals surface area contributed by atoms with E-state index < -0.39 is 5.97 Å². The van der Waals surface area contributed by atoms with Crippen molar-refractivity contribution in [3.63, 3.8) is 0 Å². The summed E-state index contributed by atoms with van der Waals surface area (Å²) in [6.45, 7) is 1.83. The molecule has 0 amide bonds. The third-order valence-corrected chi connectivity index (χ3v) is 2.45. The molecule has 2 rings (SSSR count). The second-order valence-corrected chi connectivity index (χ2v) is 3.51. The van der Waals surface area contributed by atoms with Crippen LogP contribution >= 0.6 is 0 Å². The molecule has 2 aromatic rings. The van der Waals surface area contributed by atoms with Gasteiger partial charge in [0.2, 0.25) is 0 Å². The summed E-state index contributed by atoms with van der Waals surface area (Å²) < 4.78 is 6.20. The highest BCUT2D eigenvalue weighted by molar-refractivity contribution is 5.95. The Kier molecular flexibility index (Phi) is 2.86. The van der Waals surface area contributed by atoms with Gasteiger partial charge in [0.15, 0.2) is 5.69 Å². The molecule has 0 bridgehead atoms. The highest BCUT2D eigenvalue weighted by atomic mass is 16.5. The third kappa shape index (κ3) is 1.89. The summed E-state index contributed by atoms with van der Waals surface area (Å²) >= 11 is 0. The summed E-state index contributed by atoms with van der Waals surface area (Å²) in [5.74, 6) is -0.440. The molecule has 0 N–H and O–H groups in total. The summed E-state index contributed by atoms with van der Waals surface area (Å²) in [5, 5.41) is 4.05. The van der Waals surface area contributed by atoms with Crippen molar-refractivity contribution in [2.45, 2.75) is 6.92 Å². The minimum Gasteiger partial charge on any atom is -0.464 e. The largest absolute Gasteiger partial charge is 0.464 e. The van der Waals surface area contributed by atoms with Gasteiger partial charge in [-0.05, 0) is 6.92 Å². The summed E-state index contributed by atoms with van der Waals surface area (Å²) in [6, 6.07) is 0. The van der Waals surface area contributed by atoms with Crippen LogP contribution in [0.1, 0.15) is 16.2 Å². The van der Waals surface area contributed by atoms with Crippen LogP contribution in [-0.4, -0.2) is 32.8 Å². The average Bonchev–Trinajstić information content (AvgIpc) is 2.71. The highest BCUT2D eigenvalue weighted by Crippen LogP contribution is 2.23. The fourth-order valence-corrected chi connectivity index (χ4v) is 1.62. The van der Waals surface area contributed by atoms with Crippen LogP contribution < -0.4 is 0 Å². The van der Waals surface area contributed by atoms with Gasteiger partial charge >= 0.3 is 5.97 Å². The number of hydrogen-bond donors (Lipinski definition) is 0. The summed E-state index contributed by atoms with van der Waals surface area (Å²) in [5.41, 5.74) is 2.38. The Morgan fingerprint density at radius 2 is 2.06 bits per heavy atom. The summed E-state index contributed by atoms with van der Waals surface area (Å²) in [6.07, 6.45) is 4.77. The molecule has 6 heteroatoms. The number of methoxy groups -OCH3 is 1. The number of carbonyl (C=O) groups is 1.